The second-order valence-corrected chi connectivity index (χ2v) is 35.9. The zero-order valence-electron chi connectivity index (χ0n) is 35.4. The normalized spacial score (nSPS) is 41.4. The number of epoxide rings is 2. The molecule has 5 saturated carbocycles. The Morgan fingerprint density at radius 2 is 1.17 bits per heavy atom. The topological polar surface area (TPSA) is 62.0 Å². The smallest absolute Gasteiger partial charge is 0.193 e. The molecule has 0 spiro atoms. The molecule has 6 nitrogen and oxygen atoms in total. The van der Waals surface area contributed by atoms with E-state index >= 15 is 0 Å². The minimum atomic E-state index is -1.90. The average molecular weight is 793 g/mol. The molecule has 2 heterocycles. The fourth-order valence-corrected chi connectivity index (χ4v) is 28.7. The van der Waals surface area contributed by atoms with Crippen LogP contribution in [0.3, 0.4) is 0 Å². The van der Waals surface area contributed by atoms with E-state index in [-0.39, 0.29) is 21.3 Å². The van der Waals surface area contributed by atoms with E-state index in [4.69, 9.17) is 27.2 Å². The predicted octanol–water partition coefficient (Wildman–Crippen LogP) is 10.1. The summed E-state index contributed by atoms with van der Waals surface area (Å²) >= 11 is 0. The summed E-state index contributed by atoms with van der Waals surface area (Å²) in [6.45, 7) is 26.2. The van der Waals surface area contributed by atoms with Gasteiger partial charge in [-0.3, -0.25) is 0 Å². The van der Waals surface area contributed by atoms with Crippen molar-refractivity contribution < 1.29 is 27.2 Å². The molecule has 300 valence electrons. The summed E-state index contributed by atoms with van der Waals surface area (Å²) in [7, 11) is -7.47. The van der Waals surface area contributed by atoms with Crippen molar-refractivity contribution in [2.45, 2.75) is 217 Å². The highest BCUT2D eigenvalue weighted by Gasteiger charge is 2.82. The molecule has 7 rings (SSSR count). The van der Waals surface area contributed by atoms with Crippen LogP contribution in [0.4, 0.5) is 0 Å². The number of hydrogen-bond donors (Lipinski definition) is 0. The molecule has 2 aliphatic heterocycles. The molecule has 2 saturated heterocycles. The third-order valence-electron chi connectivity index (χ3n) is 15.8. The van der Waals surface area contributed by atoms with Gasteiger partial charge in [-0.2, -0.15) is 0 Å². The maximum atomic E-state index is 7.91. The SMILES string of the molecule is CCCOC(CCC1CCC2OC2C1)([SiH](C)O[Si](C)(C)C)C12CCC(C1)C1CCCC12C(CCC1CCC2OC2C1)(OCCC)[SiH](C)O[Si](C)(C)C. The van der Waals surface area contributed by atoms with E-state index in [0.29, 0.717) is 30.3 Å². The fourth-order valence-electron chi connectivity index (χ4n) is 14.2. The van der Waals surface area contributed by atoms with Crippen molar-refractivity contribution in [2.24, 2.45) is 34.5 Å². The predicted molar refractivity (Wildman–Crippen MR) is 223 cm³/mol. The van der Waals surface area contributed by atoms with Crippen LogP contribution in [0.25, 0.3) is 0 Å². The largest absolute Gasteiger partial charge is 0.456 e. The van der Waals surface area contributed by atoms with Gasteiger partial charge in [0.05, 0.1) is 34.9 Å². The summed E-state index contributed by atoms with van der Waals surface area (Å²) in [6, 6.07) is 0. The number of rotatable bonds is 20. The zero-order valence-corrected chi connectivity index (χ0v) is 39.7. The van der Waals surface area contributed by atoms with Gasteiger partial charge in [0, 0.05) is 24.0 Å². The molecule has 10 heteroatoms. The summed E-state index contributed by atoms with van der Waals surface area (Å²) in [5.74, 6) is 2.99. The van der Waals surface area contributed by atoms with Gasteiger partial charge in [0.2, 0.25) is 0 Å². The molecule has 0 aromatic carbocycles. The van der Waals surface area contributed by atoms with Crippen LogP contribution in [-0.2, 0) is 27.2 Å². The molecule has 52 heavy (non-hydrogen) atoms. The summed E-state index contributed by atoms with van der Waals surface area (Å²) < 4.78 is 43.2. The van der Waals surface area contributed by atoms with E-state index in [1.165, 1.54) is 103 Å². The monoisotopic (exact) mass is 793 g/mol. The molecule has 14 atom stereocenters. The standard InChI is InChI=1S/C42H80O6Si4/c1-11-26-43-41(49(3)47-51(5,6)7,24-19-31-15-17-35-37(28-31)45-35)39-23-21-33(30-39)34-14-13-22-40(34,39)42(44-27-12-2,50(4)48-52(8,9)10)25-20-32-16-18-36-38(29-32)46-36/h31-38,49-50H,11-30H2,1-10H3. The van der Waals surface area contributed by atoms with Gasteiger partial charge in [-0.05, 0) is 185 Å². The lowest BCUT2D eigenvalue weighted by Gasteiger charge is -2.67. The van der Waals surface area contributed by atoms with Crippen LogP contribution < -0.4 is 0 Å². The highest BCUT2D eigenvalue weighted by Crippen LogP contribution is 2.81. The molecule has 0 amide bonds. The first-order chi connectivity index (χ1) is 24.6. The second-order valence-electron chi connectivity index (χ2n) is 21.1. The van der Waals surface area contributed by atoms with Gasteiger partial charge in [0.1, 0.15) is 0 Å². The second kappa shape index (κ2) is 15.4. The van der Waals surface area contributed by atoms with E-state index in [9.17, 15) is 0 Å². The first-order valence-corrected chi connectivity index (χ1v) is 33.8. The molecular formula is C42H80O6Si4. The van der Waals surface area contributed by atoms with E-state index < -0.39 is 34.7 Å². The van der Waals surface area contributed by atoms with Gasteiger partial charge < -0.3 is 27.2 Å². The number of ether oxygens (including phenoxy) is 4. The Morgan fingerprint density at radius 1 is 0.654 bits per heavy atom. The van der Waals surface area contributed by atoms with E-state index in [1.807, 2.05) is 0 Å². The van der Waals surface area contributed by atoms with Crippen molar-refractivity contribution in [3.63, 3.8) is 0 Å². The highest BCUT2D eigenvalue weighted by molar-refractivity contribution is 6.78. The van der Waals surface area contributed by atoms with Gasteiger partial charge in [-0.25, -0.2) is 0 Å². The van der Waals surface area contributed by atoms with Crippen LogP contribution in [-0.4, -0.2) is 82.8 Å². The lowest BCUT2D eigenvalue weighted by atomic mass is 9.52. The Kier molecular flexibility index (Phi) is 12.1. The average Bonchev–Trinajstić information content (AvgIpc) is 3.89. The number of fused-ring (bicyclic) bond motifs is 7. The molecule has 0 aromatic heterocycles. The lowest BCUT2D eigenvalue weighted by molar-refractivity contribution is -0.221. The molecule has 7 aliphatic rings. The summed E-state index contributed by atoms with van der Waals surface area (Å²) in [6.07, 6.45) is 24.9. The zero-order chi connectivity index (χ0) is 37.2. The van der Waals surface area contributed by atoms with Crippen molar-refractivity contribution in [2.75, 3.05) is 13.2 Å². The van der Waals surface area contributed by atoms with Crippen LogP contribution in [0.15, 0.2) is 0 Å². The number of hydrogen-bond acceptors (Lipinski definition) is 6. The molecule has 0 radical (unpaired) electrons. The van der Waals surface area contributed by atoms with E-state index in [0.717, 1.165) is 43.8 Å². The molecule has 0 aromatic rings. The quantitative estimate of drug-likeness (QED) is 0.0904. The molecule has 7 fully saturated rings. The van der Waals surface area contributed by atoms with Crippen molar-refractivity contribution in [1.29, 1.82) is 0 Å². The summed E-state index contributed by atoms with van der Waals surface area (Å²) in [5, 5.41) is -0.401. The van der Waals surface area contributed by atoms with Gasteiger partial charge in [-0.1, -0.05) is 20.3 Å². The van der Waals surface area contributed by atoms with Crippen LogP contribution in [0.1, 0.15) is 129 Å². The highest BCUT2D eigenvalue weighted by atomic mass is 28.4. The Hall–Kier alpha value is 0.628. The first kappa shape index (κ1) is 40.8. The summed E-state index contributed by atoms with van der Waals surface area (Å²) in [4.78, 5) is 0. The van der Waals surface area contributed by atoms with Crippen LogP contribution >= 0.6 is 0 Å². The van der Waals surface area contributed by atoms with Gasteiger partial charge in [0.15, 0.2) is 34.7 Å². The van der Waals surface area contributed by atoms with Crippen molar-refractivity contribution in [3.8, 4) is 0 Å². The molecule has 14 unspecified atom stereocenters. The van der Waals surface area contributed by atoms with Gasteiger partial charge in [-0.15, -0.1) is 0 Å². The van der Waals surface area contributed by atoms with Gasteiger partial charge in [0.25, 0.3) is 0 Å². The van der Waals surface area contributed by atoms with Crippen molar-refractivity contribution >= 4 is 34.7 Å². The molecule has 2 bridgehead atoms. The lowest BCUT2D eigenvalue weighted by Crippen LogP contribution is -2.75. The molecule has 5 aliphatic carbocycles. The Bertz CT molecular complexity index is 1230. The first-order valence-electron chi connectivity index (χ1n) is 22.6. The third kappa shape index (κ3) is 7.42. The Morgan fingerprint density at radius 3 is 1.69 bits per heavy atom. The van der Waals surface area contributed by atoms with Crippen LogP contribution in [0, 0.1) is 34.5 Å². The van der Waals surface area contributed by atoms with Crippen LogP contribution in [0.2, 0.25) is 52.4 Å². The third-order valence-corrected chi connectivity index (χ3v) is 28.9. The van der Waals surface area contributed by atoms with E-state index in [2.05, 4.69) is 66.2 Å². The minimum Gasteiger partial charge on any atom is -0.456 e. The van der Waals surface area contributed by atoms with Crippen LogP contribution in [0.5, 0.6) is 0 Å². The molecular weight excluding hydrogens is 713 g/mol. The Balaban J connectivity index is 1.37. The van der Waals surface area contributed by atoms with Crippen molar-refractivity contribution in [3.05, 3.63) is 0 Å². The summed E-state index contributed by atoms with van der Waals surface area (Å²) in [5.41, 5.74) is 0.167. The van der Waals surface area contributed by atoms with Crippen molar-refractivity contribution in [1.82, 2.24) is 0 Å². The molecule has 0 N–H and O–H groups in total. The fraction of sp³-hybridized carbons (Fsp3) is 1.00. The van der Waals surface area contributed by atoms with Gasteiger partial charge >= 0.3 is 0 Å². The maximum Gasteiger partial charge on any atom is 0.193 e. The Labute approximate surface area is 325 Å². The maximum absolute atomic E-state index is 7.91. The minimum absolute atomic E-state index is 0.0780. The van der Waals surface area contributed by atoms with E-state index in [1.54, 1.807) is 0 Å².